The van der Waals surface area contributed by atoms with Gasteiger partial charge < -0.3 is 24.0 Å². The van der Waals surface area contributed by atoms with Crippen LogP contribution in [0.1, 0.15) is 52.9 Å². The maximum absolute atomic E-state index is 6.46. The van der Waals surface area contributed by atoms with Crippen molar-refractivity contribution < 1.29 is 24.0 Å². The quantitative estimate of drug-likeness (QED) is 0.511. The highest BCUT2D eigenvalue weighted by Crippen LogP contribution is 2.60. The summed E-state index contributed by atoms with van der Waals surface area (Å²) in [6.45, 7) is 9.18. The molecule has 2 bridgehead atoms. The highest BCUT2D eigenvalue weighted by atomic mass is 17.3. The molecule has 5 aliphatic heterocycles. The molecule has 5 heterocycles. The van der Waals surface area contributed by atoms with Crippen LogP contribution in [0.4, 0.5) is 0 Å². The van der Waals surface area contributed by atoms with Crippen molar-refractivity contribution in [3.05, 3.63) is 12.4 Å². The van der Waals surface area contributed by atoms with Gasteiger partial charge in [0.05, 0.1) is 13.3 Å². The van der Waals surface area contributed by atoms with Crippen molar-refractivity contribution in [2.24, 2.45) is 23.7 Å². The lowest BCUT2D eigenvalue weighted by atomic mass is 9.58. The van der Waals surface area contributed by atoms with Gasteiger partial charge in [0.15, 0.2) is 18.2 Å². The largest absolute Gasteiger partial charge is 0.362 e. The molecule has 0 aromatic rings. The van der Waals surface area contributed by atoms with Gasteiger partial charge in [0.2, 0.25) is 5.79 Å². The molecule has 6 rings (SSSR count). The van der Waals surface area contributed by atoms with Crippen LogP contribution in [0.25, 0.3) is 0 Å². The molecule has 1 saturated carbocycles. The van der Waals surface area contributed by atoms with Gasteiger partial charge in [-0.3, -0.25) is 0 Å². The highest BCUT2D eigenvalue weighted by molar-refractivity contribution is 5.09. The summed E-state index contributed by atoms with van der Waals surface area (Å²) in [5.41, 5.74) is -0.502. The molecule has 1 unspecified atom stereocenters. The molecular weight excluding hydrogens is 372 g/mol. The van der Waals surface area contributed by atoms with Gasteiger partial charge in [-0.2, -0.15) is 0 Å². The van der Waals surface area contributed by atoms with Gasteiger partial charge in [0.1, 0.15) is 0 Å². The summed E-state index contributed by atoms with van der Waals surface area (Å²) in [5.74, 6) is 0.828. The summed E-state index contributed by atoms with van der Waals surface area (Å²) in [6, 6.07) is 0. The van der Waals surface area contributed by atoms with E-state index in [1.807, 2.05) is 6.92 Å². The Morgan fingerprint density at radius 2 is 1.97 bits per heavy atom. The molecule has 29 heavy (non-hydrogen) atoms. The van der Waals surface area contributed by atoms with Crippen molar-refractivity contribution >= 4 is 0 Å². The molecule has 1 aliphatic carbocycles. The molecule has 4 saturated heterocycles. The van der Waals surface area contributed by atoms with E-state index in [2.05, 4.69) is 43.1 Å². The lowest BCUT2D eigenvalue weighted by Crippen LogP contribution is -2.70. The van der Waals surface area contributed by atoms with Gasteiger partial charge >= 0.3 is 0 Å². The van der Waals surface area contributed by atoms with E-state index in [0.29, 0.717) is 24.4 Å². The van der Waals surface area contributed by atoms with Crippen molar-refractivity contribution in [3.8, 4) is 0 Å². The van der Waals surface area contributed by atoms with E-state index in [4.69, 9.17) is 24.0 Å². The first-order valence-corrected chi connectivity index (χ1v) is 11.4. The van der Waals surface area contributed by atoms with Crippen LogP contribution in [0.15, 0.2) is 12.4 Å². The first kappa shape index (κ1) is 20.1. The molecule has 0 N–H and O–H groups in total. The van der Waals surface area contributed by atoms with Gasteiger partial charge in [-0.25, -0.2) is 9.78 Å². The van der Waals surface area contributed by atoms with Crippen LogP contribution < -0.4 is 0 Å². The fourth-order valence-corrected chi connectivity index (χ4v) is 6.26. The molecule has 0 aromatic heterocycles. The Balaban J connectivity index is 1.27. The molecule has 1 spiro atoms. The average molecular weight is 409 g/mol. The topological polar surface area (TPSA) is 52.6 Å². The first-order valence-electron chi connectivity index (χ1n) is 11.4. The number of fused-ring (bicyclic) bond motifs is 2. The Hall–Kier alpha value is -0.860. The molecule has 8 atom stereocenters. The van der Waals surface area contributed by atoms with Crippen LogP contribution in [0.2, 0.25) is 0 Å². The summed E-state index contributed by atoms with van der Waals surface area (Å²) in [6.07, 6.45) is 8.77. The monoisotopic (exact) mass is 408 g/mol. The molecule has 6 aliphatic rings. The van der Waals surface area contributed by atoms with Crippen molar-refractivity contribution in [1.82, 2.24) is 9.80 Å². The van der Waals surface area contributed by atoms with E-state index < -0.39 is 17.7 Å². The van der Waals surface area contributed by atoms with Crippen molar-refractivity contribution in [3.63, 3.8) is 0 Å². The van der Waals surface area contributed by atoms with E-state index in [1.165, 1.54) is 6.42 Å². The zero-order valence-corrected chi connectivity index (χ0v) is 18.2. The van der Waals surface area contributed by atoms with E-state index >= 15 is 0 Å². The van der Waals surface area contributed by atoms with E-state index in [9.17, 15) is 0 Å². The molecule has 7 nitrogen and oxygen atoms in total. The molecule has 164 valence electrons. The van der Waals surface area contributed by atoms with E-state index in [1.54, 1.807) is 0 Å². The third kappa shape index (κ3) is 3.30. The zero-order chi connectivity index (χ0) is 20.2. The predicted octanol–water partition coefficient (Wildman–Crippen LogP) is 3.28. The van der Waals surface area contributed by atoms with Crippen LogP contribution in [-0.2, 0) is 24.0 Å². The molecule has 0 radical (unpaired) electrons. The smallest absolute Gasteiger partial charge is 0.201 e. The van der Waals surface area contributed by atoms with Crippen molar-refractivity contribution in [2.45, 2.75) is 76.8 Å². The SMILES string of the molecule is C[C@H]1[C@@H](OCCCN2C=CN(C)C2)O[C@@H]2OC3(C)CC[C@H]4[C@H](C)CC[C@@H]1[C@@]24OO3. The number of rotatable bonds is 5. The third-order valence-corrected chi connectivity index (χ3v) is 7.91. The van der Waals surface area contributed by atoms with Gasteiger partial charge in [-0.1, -0.05) is 13.8 Å². The normalized spacial score (nSPS) is 48.7. The maximum Gasteiger partial charge on any atom is 0.201 e. The van der Waals surface area contributed by atoms with Gasteiger partial charge in [-0.05, 0) is 44.4 Å². The lowest BCUT2D eigenvalue weighted by molar-refractivity contribution is -0.577. The summed E-state index contributed by atoms with van der Waals surface area (Å²) < 4.78 is 19.1. The lowest BCUT2D eigenvalue weighted by Gasteiger charge is -2.60. The van der Waals surface area contributed by atoms with Gasteiger partial charge in [0.25, 0.3) is 0 Å². The highest BCUT2D eigenvalue weighted by Gasteiger charge is 2.69. The van der Waals surface area contributed by atoms with Gasteiger partial charge in [-0.15, -0.1) is 0 Å². The summed E-state index contributed by atoms with van der Waals surface area (Å²) in [4.78, 5) is 16.5. The van der Waals surface area contributed by atoms with Crippen LogP contribution in [-0.4, -0.2) is 60.6 Å². The Kier molecular flexibility index (Phi) is 5.10. The second-order valence-corrected chi connectivity index (χ2v) is 10.0. The molecular formula is C22H36N2O5. The van der Waals surface area contributed by atoms with E-state index in [0.717, 1.165) is 38.9 Å². The third-order valence-electron chi connectivity index (χ3n) is 7.91. The molecule has 7 heteroatoms. The van der Waals surface area contributed by atoms with Crippen molar-refractivity contribution in [1.29, 1.82) is 0 Å². The average Bonchev–Trinajstić information content (AvgIpc) is 2.97. The minimum absolute atomic E-state index is 0.244. The molecule has 0 aromatic carbocycles. The second kappa shape index (κ2) is 7.38. The molecule has 0 amide bonds. The predicted molar refractivity (Wildman–Crippen MR) is 106 cm³/mol. The van der Waals surface area contributed by atoms with Crippen LogP contribution in [0.3, 0.4) is 0 Å². The van der Waals surface area contributed by atoms with E-state index in [-0.39, 0.29) is 12.2 Å². The minimum Gasteiger partial charge on any atom is -0.362 e. The van der Waals surface area contributed by atoms with Gasteiger partial charge in [0, 0.05) is 44.2 Å². The Morgan fingerprint density at radius 3 is 2.76 bits per heavy atom. The van der Waals surface area contributed by atoms with Crippen LogP contribution in [0.5, 0.6) is 0 Å². The number of nitrogens with zero attached hydrogens (tertiary/aromatic N) is 2. The Bertz CT molecular complexity index is 647. The number of ether oxygens (including phenoxy) is 3. The Labute approximate surface area is 174 Å². The maximum atomic E-state index is 6.46. The van der Waals surface area contributed by atoms with Crippen LogP contribution >= 0.6 is 0 Å². The number of hydrogen-bond acceptors (Lipinski definition) is 7. The minimum atomic E-state index is -0.725. The zero-order valence-electron chi connectivity index (χ0n) is 18.2. The Morgan fingerprint density at radius 1 is 1.10 bits per heavy atom. The first-order chi connectivity index (χ1) is 13.9. The molecule has 5 fully saturated rings. The fraction of sp³-hybridized carbons (Fsp3) is 0.909. The summed E-state index contributed by atoms with van der Waals surface area (Å²) >= 11 is 0. The van der Waals surface area contributed by atoms with Crippen LogP contribution in [0, 0.1) is 23.7 Å². The summed E-state index contributed by atoms with van der Waals surface area (Å²) in [5, 5.41) is 0. The standard InChI is InChI=1S/C22H36N2O5/c1-15-6-7-18-16(2)19(25-13-5-10-24-12-11-23(4)14-24)26-20-22(18)17(15)8-9-21(3,27-20)28-29-22/h11-12,15-20H,5-10,13-14H2,1-4H3/t15-,16-,17+,18+,19+,20-,21?,22-/m1/s1. The summed E-state index contributed by atoms with van der Waals surface area (Å²) in [7, 11) is 2.09. The van der Waals surface area contributed by atoms with Crippen molar-refractivity contribution in [2.75, 3.05) is 26.9 Å². The fourth-order valence-electron chi connectivity index (χ4n) is 6.26. The number of hydrogen-bond donors (Lipinski definition) is 0. The second-order valence-electron chi connectivity index (χ2n) is 10.0.